The minimum atomic E-state index is -1.16. The summed E-state index contributed by atoms with van der Waals surface area (Å²) in [5.74, 6) is -1.71. The summed E-state index contributed by atoms with van der Waals surface area (Å²) in [5, 5.41) is 26.0. The molecule has 0 saturated carbocycles. The highest BCUT2D eigenvalue weighted by Gasteiger charge is 2.19. The van der Waals surface area contributed by atoms with Gasteiger partial charge in [-0.05, 0) is 13.0 Å². The smallest absolute Gasteiger partial charge is 0.338 e. The maximum absolute atomic E-state index is 12.2. The van der Waals surface area contributed by atoms with Gasteiger partial charge in [0.05, 0.1) is 27.4 Å². The summed E-state index contributed by atoms with van der Waals surface area (Å²) in [7, 11) is 0. The number of aromatic nitrogens is 2. The standard InChI is InChI=1S/C13H11ClN4O5/c1-7(17-6-8(5-15-17)13(20)21)12(19)16-11-4-9(18(22)23)2-3-10(11)14/h2-7H,1H3,(H,16,19)(H,20,21). The van der Waals surface area contributed by atoms with Crippen LogP contribution in [-0.4, -0.2) is 31.7 Å². The number of nitro groups is 1. The fraction of sp³-hybridized carbons (Fsp3) is 0.154. The molecule has 1 amide bonds. The van der Waals surface area contributed by atoms with Gasteiger partial charge in [0.25, 0.3) is 5.69 Å². The minimum absolute atomic E-state index is 0.0574. The molecular formula is C13H11ClN4O5. The molecule has 0 aliphatic rings. The first kappa shape index (κ1) is 16.4. The molecule has 1 heterocycles. The van der Waals surface area contributed by atoms with Crippen LogP contribution in [0, 0.1) is 10.1 Å². The van der Waals surface area contributed by atoms with Crippen molar-refractivity contribution in [1.29, 1.82) is 0 Å². The third-order valence-corrected chi connectivity index (χ3v) is 3.37. The van der Waals surface area contributed by atoms with E-state index in [0.29, 0.717) is 0 Å². The van der Waals surface area contributed by atoms with Gasteiger partial charge in [-0.15, -0.1) is 0 Å². The topological polar surface area (TPSA) is 127 Å². The first-order valence-electron chi connectivity index (χ1n) is 6.32. The monoisotopic (exact) mass is 338 g/mol. The van der Waals surface area contributed by atoms with Crippen molar-refractivity contribution in [2.45, 2.75) is 13.0 Å². The molecule has 2 rings (SSSR count). The number of carboxylic acids is 1. The highest BCUT2D eigenvalue weighted by atomic mass is 35.5. The SMILES string of the molecule is CC(C(=O)Nc1cc([N+](=O)[O-])ccc1Cl)n1cc(C(=O)O)cn1. The molecule has 10 heteroatoms. The summed E-state index contributed by atoms with van der Waals surface area (Å²) < 4.78 is 1.17. The maximum Gasteiger partial charge on any atom is 0.338 e. The molecule has 2 aromatic rings. The average molecular weight is 339 g/mol. The Balaban J connectivity index is 2.19. The number of rotatable bonds is 5. The van der Waals surface area contributed by atoms with Crippen molar-refractivity contribution in [3.8, 4) is 0 Å². The van der Waals surface area contributed by atoms with Crippen LogP contribution in [0.15, 0.2) is 30.6 Å². The lowest BCUT2D eigenvalue weighted by Gasteiger charge is -2.13. The van der Waals surface area contributed by atoms with Gasteiger partial charge in [0, 0.05) is 18.3 Å². The summed E-state index contributed by atoms with van der Waals surface area (Å²) in [6.45, 7) is 1.50. The van der Waals surface area contributed by atoms with E-state index in [-0.39, 0.29) is 22.0 Å². The second-order valence-corrected chi connectivity index (χ2v) is 5.01. The van der Waals surface area contributed by atoms with Crippen LogP contribution >= 0.6 is 11.6 Å². The van der Waals surface area contributed by atoms with Crippen LogP contribution in [0.2, 0.25) is 5.02 Å². The number of nitrogens with zero attached hydrogens (tertiary/aromatic N) is 3. The molecule has 23 heavy (non-hydrogen) atoms. The van der Waals surface area contributed by atoms with E-state index in [2.05, 4.69) is 10.4 Å². The molecule has 0 aliphatic heterocycles. The van der Waals surface area contributed by atoms with E-state index in [1.165, 1.54) is 29.9 Å². The highest BCUT2D eigenvalue weighted by molar-refractivity contribution is 6.33. The van der Waals surface area contributed by atoms with E-state index in [0.717, 1.165) is 12.3 Å². The summed E-state index contributed by atoms with van der Waals surface area (Å²) in [4.78, 5) is 33.1. The second kappa shape index (κ2) is 6.44. The Labute approximate surface area is 134 Å². The zero-order chi connectivity index (χ0) is 17.1. The van der Waals surface area contributed by atoms with E-state index < -0.39 is 22.8 Å². The van der Waals surface area contributed by atoms with Crippen LogP contribution in [0.1, 0.15) is 23.3 Å². The molecule has 0 aliphatic carbocycles. The molecule has 0 fully saturated rings. The van der Waals surface area contributed by atoms with Crippen molar-refractivity contribution in [1.82, 2.24) is 9.78 Å². The van der Waals surface area contributed by atoms with Gasteiger partial charge in [0.15, 0.2) is 0 Å². The molecule has 120 valence electrons. The van der Waals surface area contributed by atoms with Crippen molar-refractivity contribution in [3.63, 3.8) is 0 Å². The number of hydrogen-bond acceptors (Lipinski definition) is 5. The van der Waals surface area contributed by atoms with Crippen LogP contribution in [-0.2, 0) is 4.79 Å². The van der Waals surface area contributed by atoms with E-state index in [4.69, 9.17) is 16.7 Å². The number of nitro benzene ring substituents is 1. The summed E-state index contributed by atoms with van der Waals surface area (Å²) in [5.41, 5.74) is -0.189. The van der Waals surface area contributed by atoms with Crippen molar-refractivity contribution >= 4 is 34.9 Å². The van der Waals surface area contributed by atoms with Gasteiger partial charge < -0.3 is 10.4 Å². The van der Waals surface area contributed by atoms with Crippen LogP contribution in [0.25, 0.3) is 0 Å². The number of halogens is 1. The third kappa shape index (κ3) is 3.64. The number of carboxylic acid groups (broad SMARTS) is 1. The number of aromatic carboxylic acids is 1. The van der Waals surface area contributed by atoms with Gasteiger partial charge in [-0.3, -0.25) is 19.6 Å². The quantitative estimate of drug-likeness (QED) is 0.636. The average Bonchev–Trinajstić information content (AvgIpc) is 2.98. The normalized spacial score (nSPS) is 11.7. The summed E-state index contributed by atoms with van der Waals surface area (Å²) in [6, 6.07) is 2.82. The van der Waals surface area contributed by atoms with Gasteiger partial charge in [-0.2, -0.15) is 5.10 Å². The predicted octanol–water partition coefficient (Wildman–Crippen LogP) is 2.34. The van der Waals surface area contributed by atoms with Crippen LogP contribution in [0.4, 0.5) is 11.4 Å². The molecule has 1 aromatic carbocycles. The number of non-ortho nitro benzene ring substituents is 1. The molecule has 2 N–H and O–H groups in total. The Hall–Kier alpha value is -2.94. The van der Waals surface area contributed by atoms with Crippen LogP contribution in [0.5, 0.6) is 0 Å². The molecular weight excluding hydrogens is 328 g/mol. The molecule has 9 nitrogen and oxygen atoms in total. The molecule has 0 spiro atoms. The van der Waals surface area contributed by atoms with E-state index >= 15 is 0 Å². The van der Waals surface area contributed by atoms with Crippen molar-refractivity contribution in [2.24, 2.45) is 0 Å². The molecule has 1 atom stereocenters. The van der Waals surface area contributed by atoms with Crippen LogP contribution < -0.4 is 5.32 Å². The number of nitrogens with one attached hydrogen (secondary N) is 1. The van der Waals surface area contributed by atoms with Crippen molar-refractivity contribution in [3.05, 3.63) is 51.3 Å². The molecule has 0 saturated heterocycles. The van der Waals surface area contributed by atoms with Gasteiger partial charge in [-0.1, -0.05) is 11.6 Å². The van der Waals surface area contributed by atoms with Gasteiger partial charge in [0.2, 0.25) is 5.91 Å². The number of anilines is 1. The Kier molecular flexibility index (Phi) is 4.60. The van der Waals surface area contributed by atoms with E-state index in [1.807, 2.05) is 0 Å². The van der Waals surface area contributed by atoms with Gasteiger partial charge >= 0.3 is 5.97 Å². The molecule has 0 bridgehead atoms. The molecule has 1 unspecified atom stereocenters. The number of amides is 1. The van der Waals surface area contributed by atoms with Crippen molar-refractivity contribution in [2.75, 3.05) is 5.32 Å². The van der Waals surface area contributed by atoms with Crippen LogP contribution in [0.3, 0.4) is 0 Å². The number of benzene rings is 1. The Morgan fingerprint density at radius 1 is 1.48 bits per heavy atom. The Morgan fingerprint density at radius 3 is 2.74 bits per heavy atom. The zero-order valence-electron chi connectivity index (χ0n) is 11.8. The molecule has 1 aromatic heterocycles. The maximum atomic E-state index is 12.2. The Bertz CT molecular complexity index is 788. The lowest BCUT2D eigenvalue weighted by molar-refractivity contribution is -0.384. The van der Waals surface area contributed by atoms with Crippen molar-refractivity contribution < 1.29 is 19.6 Å². The first-order chi connectivity index (χ1) is 10.8. The number of carbonyl (C=O) groups is 2. The fourth-order valence-corrected chi connectivity index (χ4v) is 1.90. The van der Waals surface area contributed by atoms with E-state index in [9.17, 15) is 19.7 Å². The summed E-state index contributed by atoms with van der Waals surface area (Å²) >= 11 is 5.90. The number of carbonyl (C=O) groups excluding carboxylic acids is 1. The second-order valence-electron chi connectivity index (χ2n) is 4.60. The summed E-state index contributed by atoms with van der Waals surface area (Å²) in [6.07, 6.45) is 2.33. The Morgan fingerprint density at radius 2 is 2.17 bits per heavy atom. The zero-order valence-corrected chi connectivity index (χ0v) is 12.5. The lowest BCUT2D eigenvalue weighted by Crippen LogP contribution is -2.24. The fourth-order valence-electron chi connectivity index (χ4n) is 1.74. The predicted molar refractivity (Wildman–Crippen MR) is 80.6 cm³/mol. The highest BCUT2D eigenvalue weighted by Crippen LogP contribution is 2.27. The first-order valence-corrected chi connectivity index (χ1v) is 6.69. The van der Waals surface area contributed by atoms with E-state index in [1.54, 1.807) is 0 Å². The van der Waals surface area contributed by atoms with Gasteiger partial charge in [-0.25, -0.2) is 4.79 Å². The molecule has 0 radical (unpaired) electrons. The van der Waals surface area contributed by atoms with Gasteiger partial charge in [0.1, 0.15) is 6.04 Å². The third-order valence-electron chi connectivity index (χ3n) is 3.04. The lowest BCUT2D eigenvalue weighted by atomic mass is 10.2. The largest absolute Gasteiger partial charge is 0.478 e. The minimum Gasteiger partial charge on any atom is -0.478 e. The number of hydrogen-bond donors (Lipinski definition) is 2.